The number of fused-ring (bicyclic) bond motifs is 2. The van der Waals surface area contributed by atoms with E-state index in [0.29, 0.717) is 12.2 Å². The number of benzene rings is 1. The molecule has 2 saturated heterocycles. The average Bonchev–Trinajstić information content (AvgIpc) is 2.87. The Kier molecular flexibility index (Phi) is 2.60. The summed E-state index contributed by atoms with van der Waals surface area (Å²) in [5.41, 5.74) is 7.36. The lowest BCUT2D eigenvalue weighted by Gasteiger charge is -2.37. The van der Waals surface area contributed by atoms with Crippen LogP contribution in [0, 0.1) is 0 Å². The molecule has 1 aromatic carbocycles. The van der Waals surface area contributed by atoms with Gasteiger partial charge in [-0.1, -0.05) is 0 Å². The predicted octanol–water partition coefficient (Wildman–Crippen LogP) is 0.426. The molecule has 0 bridgehead atoms. The Bertz CT molecular complexity index is 718. The van der Waals surface area contributed by atoms with Crippen LogP contribution in [0.3, 0.4) is 0 Å². The van der Waals surface area contributed by atoms with Crippen LogP contribution in [0.4, 0.5) is 16.3 Å². The van der Waals surface area contributed by atoms with Crippen molar-refractivity contribution in [3.8, 4) is 0 Å². The number of nitrogens with one attached hydrogen (secondary N) is 1. The normalized spacial score (nSPS) is 21.5. The summed E-state index contributed by atoms with van der Waals surface area (Å²) in [6, 6.07) is 5.94. The second-order valence-electron chi connectivity index (χ2n) is 5.45. The number of rotatable bonds is 1. The number of aromatic nitrogens is 2. The summed E-state index contributed by atoms with van der Waals surface area (Å²) in [6.07, 6.45) is 1.57. The molecule has 2 fully saturated rings. The van der Waals surface area contributed by atoms with Gasteiger partial charge >= 0.3 is 6.03 Å². The fraction of sp³-hybridized carbons (Fsp3) is 0.357. The van der Waals surface area contributed by atoms with Gasteiger partial charge in [-0.2, -0.15) is 0 Å². The largest absolute Gasteiger partial charge is 0.399 e. The van der Waals surface area contributed by atoms with Crippen molar-refractivity contribution in [1.82, 2.24) is 20.2 Å². The monoisotopic (exact) mass is 284 g/mol. The Morgan fingerprint density at radius 1 is 1.29 bits per heavy atom. The van der Waals surface area contributed by atoms with Crippen LogP contribution in [0.1, 0.15) is 0 Å². The maximum absolute atomic E-state index is 11.7. The van der Waals surface area contributed by atoms with Crippen molar-refractivity contribution in [1.29, 1.82) is 0 Å². The van der Waals surface area contributed by atoms with E-state index in [1.54, 1.807) is 6.33 Å². The molecule has 2 aliphatic rings. The lowest BCUT2D eigenvalue weighted by atomic mass is 10.1. The Balaban J connectivity index is 1.69. The number of carbonyl (C=O) groups excluding carboxylic acids is 1. The minimum atomic E-state index is 0.0416. The Morgan fingerprint density at radius 3 is 3.10 bits per heavy atom. The van der Waals surface area contributed by atoms with Crippen LogP contribution in [0.2, 0.25) is 0 Å². The van der Waals surface area contributed by atoms with Gasteiger partial charge in [0.05, 0.1) is 11.6 Å². The fourth-order valence-corrected chi connectivity index (χ4v) is 3.11. The van der Waals surface area contributed by atoms with E-state index < -0.39 is 0 Å². The number of hydrogen-bond acceptors (Lipinski definition) is 5. The number of hydrogen-bond donors (Lipinski definition) is 2. The van der Waals surface area contributed by atoms with E-state index in [-0.39, 0.29) is 12.1 Å². The van der Waals surface area contributed by atoms with Gasteiger partial charge in [-0.3, -0.25) is 0 Å². The van der Waals surface area contributed by atoms with Crippen LogP contribution in [0.15, 0.2) is 24.5 Å². The lowest BCUT2D eigenvalue weighted by molar-refractivity contribution is 0.197. The van der Waals surface area contributed by atoms with Crippen molar-refractivity contribution >= 4 is 28.4 Å². The minimum absolute atomic E-state index is 0.0416. The first-order chi connectivity index (χ1) is 10.2. The molecule has 4 rings (SSSR count). The summed E-state index contributed by atoms with van der Waals surface area (Å²) < 4.78 is 0. The molecule has 0 aliphatic carbocycles. The lowest BCUT2D eigenvalue weighted by Crippen LogP contribution is -2.52. The second kappa shape index (κ2) is 4.47. The average molecular weight is 284 g/mol. The number of anilines is 2. The third kappa shape index (κ3) is 1.93. The van der Waals surface area contributed by atoms with Crippen molar-refractivity contribution in [2.45, 2.75) is 6.04 Å². The summed E-state index contributed by atoms with van der Waals surface area (Å²) >= 11 is 0. The van der Waals surface area contributed by atoms with Gasteiger partial charge in [0.25, 0.3) is 0 Å². The molecule has 1 aromatic heterocycles. The van der Waals surface area contributed by atoms with Crippen LogP contribution in [0.25, 0.3) is 10.9 Å². The maximum Gasteiger partial charge on any atom is 0.317 e. The van der Waals surface area contributed by atoms with Crippen LogP contribution < -0.4 is 16.0 Å². The zero-order valence-corrected chi connectivity index (χ0v) is 11.5. The van der Waals surface area contributed by atoms with Crippen molar-refractivity contribution in [2.24, 2.45) is 0 Å². The van der Waals surface area contributed by atoms with Crippen LogP contribution >= 0.6 is 0 Å². The summed E-state index contributed by atoms with van der Waals surface area (Å²) in [5, 5.41) is 3.89. The zero-order valence-electron chi connectivity index (χ0n) is 11.5. The molecule has 2 aromatic rings. The third-order valence-corrected chi connectivity index (χ3v) is 4.17. The second-order valence-corrected chi connectivity index (χ2v) is 5.45. The van der Waals surface area contributed by atoms with E-state index in [1.165, 1.54) is 0 Å². The highest BCUT2D eigenvalue weighted by molar-refractivity contribution is 5.91. The Morgan fingerprint density at radius 2 is 2.19 bits per heavy atom. The van der Waals surface area contributed by atoms with Crippen molar-refractivity contribution < 1.29 is 4.79 Å². The molecule has 7 nitrogen and oxygen atoms in total. The molecule has 3 N–H and O–H groups in total. The summed E-state index contributed by atoms with van der Waals surface area (Å²) in [4.78, 5) is 24.5. The number of nitrogens with two attached hydrogens (primary N) is 1. The molecule has 0 spiro atoms. The first kappa shape index (κ1) is 12.2. The van der Waals surface area contributed by atoms with Gasteiger partial charge in [0.15, 0.2) is 0 Å². The topological polar surface area (TPSA) is 87.4 Å². The Hall–Kier alpha value is -2.57. The van der Waals surface area contributed by atoms with Gasteiger partial charge in [0.2, 0.25) is 0 Å². The van der Waals surface area contributed by atoms with Gasteiger partial charge in [-0.05, 0) is 18.2 Å². The molecular formula is C14H16N6O. The van der Waals surface area contributed by atoms with Crippen molar-refractivity contribution in [2.75, 3.05) is 36.8 Å². The number of nitrogen functional groups attached to an aromatic ring is 1. The molecule has 3 heterocycles. The van der Waals surface area contributed by atoms with E-state index >= 15 is 0 Å². The summed E-state index contributed by atoms with van der Waals surface area (Å²) in [6.45, 7) is 2.98. The molecule has 108 valence electrons. The molecule has 1 atom stereocenters. The van der Waals surface area contributed by atoms with E-state index in [4.69, 9.17) is 5.73 Å². The summed E-state index contributed by atoms with van der Waals surface area (Å²) in [5.74, 6) is 0.916. The fourth-order valence-electron chi connectivity index (χ4n) is 3.11. The molecule has 21 heavy (non-hydrogen) atoms. The number of carbonyl (C=O) groups is 1. The predicted molar refractivity (Wildman–Crippen MR) is 80.1 cm³/mol. The number of urea groups is 1. The Labute approximate surface area is 121 Å². The number of amides is 2. The van der Waals surface area contributed by atoms with E-state index in [1.807, 2.05) is 23.1 Å². The van der Waals surface area contributed by atoms with Gasteiger partial charge in [-0.25, -0.2) is 14.8 Å². The molecule has 2 amide bonds. The maximum atomic E-state index is 11.7. The first-order valence-electron chi connectivity index (χ1n) is 7.02. The quantitative estimate of drug-likeness (QED) is 0.741. The number of piperazine rings is 1. The summed E-state index contributed by atoms with van der Waals surface area (Å²) in [7, 11) is 0. The van der Waals surface area contributed by atoms with Crippen LogP contribution in [0.5, 0.6) is 0 Å². The van der Waals surface area contributed by atoms with Crippen LogP contribution in [-0.2, 0) is 0 Å². The molecule has 1 unspecified atom stereocenters. The zero-order chi connectivity index (χ0) is 14.4. The first-order valence-corrected chi connectivity index (χ1v) is 7.02. The van der Waals surface area contributed by atoms with E-state index in [0.717, 1.165) is 36.4 Å². The third-order valence-electron chi connectivity index (χ3n) is 4.17. The minimum Gasteiger partial charge on any atom is -0.399 e. The standard InChI is InChI=1S/C14H16N6O/c15-9-1-2-11-12(5-9)17-8-18-13(11)19-3-4-20-10(7-19)6-16-14(20)21/h1-2,5,8,10H,3-4,6-7,15H2,(H,16,21). The van der Waals surface area contributed by atoms with E-state index in [9.17, 15) is 4.79 Å². The van der Waals surface area contributed by atoms with Gasteiger partial charge in [-0.15, -0.1) is 0 Å². The molecule has 2 aliphatic heterocycles. The van der Waals surface area contributed by atoms with Crippen molar-refractivity contribution in [3.63, 3.8) is 0 Å². The molecule has 0 radical (unpaired) electrons. The van der Waals surface area contributed by atoms with E-state index in [2.05, 4.69) is 20.2 Å². The van der Waals surface area contributed by atoms with Crippen molar-refractivity contribution in [3.05, 3.63) is 24.5 Å². The van der Waals surface area contributed by atoms with Crippen LogP contribution in [-0.4, -0.2) is 53.1 Å². The number of nitrogens with zero attached hydrogens (tertiary/aromatic N) is 4. The van der Waals surface area contributed by atoms with Gasteiger partial charge in [0.1, 0.15) is 12.1 Å². The molecular weight excluding hydrogens is 268 g/mol. The van der Waals surface area contributed by atoms with Gasteiger partial charge < -0.3 is 20.9 Å². The van der Waals surface area contributed by atoms with Gasteiger partial charge in [0, 0.05) is 37.3 Å². The highest BCUT2D eigenvalue weighted by Crippen LogP contribution is 2.27. The highest BCUT2D eigenvalue weighted by atomic mass is 16.2. The SMILES string of the molecule is Nc1ccc2c(N3CCN4C(=O)NCC4C3)ncnc2c1. The molecule has 7 heteroatoms. The highest BCUT2D eigenvalue weighted by Gasteiger charge is 2.36. The smallest absolute Gasteiger partial charge is 0.317 e. The molecule has 0 saturated carbocycles.